The van der Waals surface area contributed by atoms with E-state index in [9.17, 15) is 0 Å². The zero-order chi connectivity index (χ0) is 17.6. The largest absolute Gasteiger partial charge is 0.330 e. The van der Waals surface area contributed by atoms with Gasteiger partial charge in [0.05, 0.1) is 18.0 Å². The van der Waals surface area contributed by atoms with E-state index in [2.05, 4.69) is 62.7 Å². The molecule has 0 saturated heterocycles. The number of nitrogens with one attached hydrogen (secondary N) is 1. The number of hydrogen-bond acceptors (Lipinski definition) is 3. The van der Waals surface area contributed by atoms with Gasteiger partial charge in [-0.3, -0.25) is 4.40 Å². The number of nitrogens with zero attached hydrogens (tertiary/aromatic N) is 3. The molecular weight excluding hydrogens is 396 g/mol. The smallest absolute Gasteiger partial charge is 0.216 e. The summed E-state index contributed by atoms with van der Waals surface area (Å²) in [6, 6.07) is 8.26. The van der Waals surface area contributed by atoms with Crippen LogP contribution in [0.25, 0.3) is 16.3 Å². The topological polar surface area (TPSA) is 34.6 Å². The SMILES string of the molecule is CCCC[NH+](CCCC)Cc1cn2c(-c3ccc(Br)cc3)nnc2s1. The maximum atomic E-state index is 4.38. The number of aromatic nitrogens is 3. The first-order chi connectivity index (χ1) is 12.2. The van der Waals surface area contributed by atoms with Crippen molar-refractivity contribution in [3.8, 4) is 11.4 Å². The molecule has 0 amide bonds. The van der Waals surface area contributed by atoms with Gasteiger partial charge in [0.2, 0.25) is 4.96 Å². The molecule has 0 atom stereocenters. The molecule has 3 rings (SSSR count). The minimum atomic E-state index is 0.925. The van der Waals surface area contributed by atoms with Crippen molar-refractivity contribution in [1.82, 2.24) is 14.6 Å². The first kappa shape index (κ1) is 18.5. The van der Waals surface area contributed by atoms with Crippen molar-refractivity contribution in [1.29, 1.82) is 0 Å². The average Bonchev–Trinajstić information content (AvgIpc) is 3.18. The van der Waals surface area contributed by atoms with Gasteiger partial charge in [-0.2, -0.15) is 0 Å². The van der Waals surface area contributed by atoms with Gasteiger partial charge in [-0.15, -0.1) is 10.2 Å². The van der Waals surface area contributed by atoms with Crippen molar-refractivity contribution >= 4 is 32.2 Å². The van der Waals surface area contributed by atoms with E-state index in [0.717, 1.165) is 27.4 Å². The first-order valence-electron chi connectivity index (χ1n) is 9.14. The maximum Gasteiger partial charge on any atom is 0.216 e. The molecule has 0 aliphatic heterocycles. The van der Waals surface area contributed by atoms with E-state index < -0.39 is 0 Å². The Morgan fingerprint density at radius 3 is 2.36 bits per heavy atom. The van der Waals surface area contributed by atoms with Crippen molar-refractivity contribution in [3.05, 3.63) is 39.8 Å². The van der Waals surface area contributed by atoms with E-state index in [-0.39, 0.29) is 0 Å². The van der Waals surface area contributed by atoms with Gasteiger partial charge in [-0.25, -0.2) is 0 Å². The third-order valence-corrected chi connectivity index (χ3v) is 5.96. The van der Waals surface area contributed by atoms with Crippen LogP contribution in [0.15, 0.2) is 34.9 Å². The Kier molecular flexibility index (Phi) is 6.62. The normalized spacial score (nSPS) is 11.7. The predicted octanol–water partition coefficient (Wildman–Crippen LogP) is 4.21. The summed E-state index contributed by atoms with van der Waals surface area (Å²) in [5, 5.41) is 8.76. The molecule has 2 heterocycles. The van der Waals surface area contributed by atoms with Crippen LogP contribution in [0.4, 0.5) is 0 Å². The minimum absolute atomic E-state index is 0.925. The van der Waals surface area contributed by atoms with Crippen LogP contribution in [0.1, 0.15) is 44.4 Å². The minimum Gasteiger partial charge on any atom is -0.330 e. The summed E-state index contributed by atoms with van der Waals surface area (Å²) in [7, 11) is 0. The molecule has 0 aliphatic carbocycles. The van der Waals surface area contributed by atoms with Crippen molar-refractivity contribution in [2.45, 2.75) is 46.1 Å². The Morgan fingerprint density at radius 1 is 1.04 bits per heavy atom. The number of thiazole rings is 1. The number of benzene rings is 1. The van der Waals surface area contributed by atoms with Crippen LogP contribution in [0.2, 0.25) is 0 Å². The zero-order valence-corrected chi connectivity index (χ0v) is 17.4. The number of hydrogen-bond donors (Lipinski definition) is 1. The zero-order valence-electron chi connectivity index (χ0n) is 15.0. The first-order valence-corrected chi connectivity index (χ1v) is 10.7. The van der Waals surface area contributed by atoms with Crippen molar-refractivity contribution in [3.63, 3.8) is 0 Å². The number of fused-ring (bicyclic) bond motifs is 1. The quantitative estimate of drug-likeness (QED) is 0.561. The molecule has 0 spiro atoms. The molecule has 4 nitrogen and oxygen atoms in total. The Bertz CT molecular complexity index is 785. The summed E-state index contributed by atoms with van der Waals surface area (Å²) in [6.07, 6.45) is 7.36. The second-order valence-electron chi connectivity index (χ2n) is 6.51. The van der Waals surface area contributed by atoms with Crippen LogP contribution in [0, 0.1) is 0 Å². The van der Waals surface area contributed by atoms with E-state index in [0.29, 0.717) is 0 Å². The molecule has 0 fully saturated rings. The summed E-state index contributed by atoms with van der Waals surface area (Å²) in [5.74, 6) is 0.925. The number of halogens is 1. The van der Waals surface area contributed by atoms with Crippen LogP contribution in [0.5, 0.6) is 0 Å². The molecule has 0 saturated carbocycles. The summed E-state index contributed by atoms with van der Waals surface area (Å²) in [6.45, 7) is 8.15. The second kappa shape index (κ2) is 8.92. The lowest BCUT2D eigenvalue weighted by Gasteiger charge is -2.18. The molecule has 1 aromatic carbocycles. The van der Waals surface area contributed by atoms with Gasteiger partial charge < -0.3 is 4.90 Å². The Balaban J connectivity index is 1.79. The highest BCUT2D eigenvalue weighted by molar-refractivity contribution is 9.10. The van der Waals surface area contributed by atoms with Gasteiger partial charge in [0.1, 0.15) is 6.54 Å². The molecule has 0 unspecified atom stereocenters. The molecule has 134 valence electrons. The van der Waals surface area contributed by atoms with Gasteiger partial charge in [-0.05, 0) is 25.0 Å². The fourth-order valence-electron chi connectivity index (χ4n) is 3.03. The van der Waals surface area contributed by atoms with Gasteiger partial charge in [0, 0.05) is 16.2 Å². The molecule has 6 heteroatoms. The number of quaternary nitrogens is 1. The summed E-state index contributed by atoms with van der Waals surface area (Å²) >= 11 is 5.26. The number of rotatable bonds is 9. The van der Waals surface area contributed by atoms with Crippen LogP contribution < -0.4 is 4.90 Å². The van der Waals surface area contributed by atoms with Gasteiger partial charge in [0.15, 0.2) is 5.82 Å². The standard InChI is InChI=1S/C19H25BrN4S/c1-3-5-11-23(12-6-4-2)13-17-14-24-18(21-22-19(24)25-17)15-7-9-16(20)10-8-15/h7-10,14H,3-6,11-13H2,1-2H3/p+1. The molecular formula is C19H26BrN4S+. The van der Waals surface area contributed by atoms with Gasteiger partial charge in [0.25, 0.3) is 0 Å². The molecule has 0 aliphatic rings. The van der Waals surface area contributed by atoms with Crippen LogP contribution in [0.3, 0.4) is 0 Å². The average molecular weight is 422 g/mol. The van der Waals surface area contributed by atoms with Crippen molar-refractivity contribution in [2.75, 3.05) is 13.1 Å². The molecule has 0 radical (unpaired) electrons. The summed E-state index contributed by atoms with van der Waals surface area (Å²) in [4.78, 5) is 4.06. The van der Waals surface area contributed by atoms with E-state index in [4.69, 9.17) is 0 Å². The third-order valence-electron chi connectivity index (χ3n) is 4.45. The van der Waals surface area contributed by atoms with E-state index >= 15 is 0 Å². The Labute approximate surface area is 162 Å². The van der Waals surface area contributed by atoms with Crippen molar-refractivity contribution < 1.29 is 4.90 Å². The van der Waals surface area contributed by atoms with E-state index in [1.165, 1.54) is 43.6 Å². The lowest BCUT2D eigenvalue weighted by Crippen LogP contribution is -3.10. The third kappa shape index (κ3) is 4.68. The maximum absolute atomic E-state index is 4.38. The Morgan fingerprint density at radius 2 is 1.72 bits per heavy atom. The monoisotopic (exact) mass is 421 g/mol. The van der Waals surface area contributed by atoms with Crippen molar-refractivity contribution in [2.24, 2.45) is 0 Å². The second-order valence-corrected chi connectivity index (χ2v) is 8.52. The highest BCUT2D eigenvalue weighted by atomic mass is 79.9. The summed E-state index contributed by atoms with van der Waals surface area (Å²) < 4.78 is 3.22. The molecule has 2 aromatic heterocycles. The highest BCUT2D eigenvalue weighted by Gasteiger charge is 2.15. The van der Waals surface area contributed by atoms with E-state index in [1.54, 1.807) is 16.2 Å². The fraction of sp³-hybridized carbons (Fsp3) is 0.474. The predicted molar refractivity (Wildman–Crippen MR) is 108 cm³/mol. The van der Waals surface area contributed by atoms with Crippen LogP contribution in [-0.2, 0) is 6.54 Å². The molecule has 25 heavy (non-hydrogen) atoms. The van der Waals surface area contributed by atoms with E-state index in [1.807, 2.05) is 12.1 Å². The fourth-order valence-corrected chi connectivity index (χ4v) is 4.28. The van der Waals surface area contributed by atoms with Gasteiger partial charge in [-0.1, -0.05) is 66.1 Å². The van der Waals surface area contributed by atoms with Gasteiger partial charge >= 0.3 is 0 Å². The number of unbranched alkanes of at least 4 members (excludes halogenated alkanes) is 2. The van der Waals surface area contributed by atoms with Crippen LogP contribution in [-0.4, -0.2) is 27.7 Å². The van der Waals surface area contributed by atoms with Crippen LogP contribution >= 0.6 is 27.3 Å². The highest BCUT2D eigenvalue weighted by Crippen LogP contribution is 2.24. The summed E-state index contributed by atoms with van der Waals surface area (Å²) in [5.41, 5.74) is 1.10. The lowest BCUT2D eigenvalue weighted by molar-refractivity contribution is -0.914. The molecule has 3 aromatic rings. The molecule has 0 bridgehead atoms. The molecule has 1 N–H and O–H groups in total. The lowest BCUT2D eigenvalue weighted by atomic mass is 10.2. The Hall–Kier alpha value is -1.24.